The van der Waals surface area contributed by atoms with Crippen molar-refractivity contribution in [3.63, 3.8) is 0 Å². The lowest BCUT2D eigenvalue weighted by Gasteiger charge is -1.97. The third kappa shape index (κ3) is 2.80. The minimum Gasteiger partial charge on any atom is -0.478 e. The van der Waals surface area contributed by atoms with Gasteiger partial charge in [-0.1, -0.05) is 6.07 Å². The van der Waals surface area contributed by atoms with E-state index in [1.165, 1.54) is 24.3 Å². The van der Waals surface area contributed by atoms with Crippen molar-refractivity contribution in [2.24, 2.45) is 0 Å². The Balaban J connectivity index is 3.08. The second-order valence-electron chi connectivity index (χ2n) is 2.75. The second-order valence-corrected chi connectivity index (χ2v) is 2.75. The quantitative estimate of drug-likeness (QED) is 0.336. The van der Waals surface area contributed by atoms with E-state index < -0.39 is 10.9 Å². The Morgan fingerprint density at radius 1 is 1.53 bits per heavy atom. The van der Waals surface area contributed by atoms with Gasteiger partial charge in [0, 0.05) is 12.1 Å². The van der Waals surface area contributed by atoms with Gasteiger partial charge in [0.1, 0.15) is 5.69 Å². The van der Waals surface area contributed by atoms with Crippen LogP contribution in [0.3, 0.4) is 0 Å². The van der Waals surface area contributed by atoms with Crippen LogP contribution in [0.4, 0.5) is 11.4 Å². The van der Waals surface area contributed by atoms with Crippen LogP contribution in [0.5, 0.6) is 0 Å². The summed E-state index contributed by atoms with van der Waals surface area (Å²) in [5.41, 5.74) is 5.59. The van der Waals surface area contributed by atoms with Crippen molar-refractivity contribution in [1.82, 2.24) is 0 Å². The second kappa shape index (κ2) is 4.23. The topological polar surface area (TPSA) is 106 Å². The third-order valence-corrected chi connectivity index (χ3v) is 1.67. The van der Waals surface area contributed by atoms with E-state index in [0.29, 0.717) is 5.56 Å². The number of hydrogen-bond donors (Lipinski definition) is 2. The Morgan fingerprint density at radius 3 is 2.73 bits per heavy atom. The van der Waals surface area contributed by atoms with Crippen molar-refractivity contribution < 1.29 is 14.8 Å². The van der Waals surface area contributed by atoms with E-state index in [1.807, 2.05) is 0 Å². The standard InChI is InChI=1S/C9H8N2O4/c10-7-3-1-6(2-4-9(12)13)5-8(7)11(14)15/h1-5H,10H2,(H,12,13)/b4-2+. The van der Waals surface area contributed by atoms with Crippen molar-refractivity contribution in [3.05, 3.63) is 40.0 Å². The predicted molar refractivity (Wildman–Crippen MR) is 54.2 cm³/mol. The van der Waals surface area contributed by atoms with Gasteiger partial charge in [-0.3, -0.25) is 10.1 Å². The van der Waals surface area contributed by atoms with Gasteiger partial charge in [0.2, 0.25) is 0 Å². The average Bonchev–Trinajstić information content (AvgIpc) is 2.16. The van der Waals surface area contributed by atoms with Crippen LogP contribution in [0.25, 0.3) is 6.08 Å². The highest BCUT2D eigenvalue weighted by atomic mass is 16.6. The van der Waals surface area contributed by atoms with Gasteiger partial charge in [-0.25, -0.2) is 4.79 Å². The number of carbonyl (C=O) groups is 1. The summed E-state index contributed by atoms with van der Waals surface area (Å²) in [4.78, 5) is 20.1. The molecule has 0 spiro atoms. The molecule has 0 amide bonds. The number of benzene rings is 1. The molecule has 0 saturated heterocycles. The Kier molecular flexibility index (Phi) is 3.02. The summed E-state index contributed by atoms with van der Waals surface area (Å²) in [6.07, 6.45) is 2.16. The number of nitro benzene ring substituents is 1. The van der Waals surface area contributed by atoms with Gasteiger partial charge in [0.15, 0.2) is 0 Å². The van der Waals surface area contributed by atoms with E-state index in [1.54, 1.807) is 0 Å². The molecular formula is C9H8N2O4. The summed E-state index contributed by atoms with van der Waals surface area (Å²) in [6, 6.07) is 4.08. The van der Waals surface area contributed by atoms with Crippen LogP contribution >= 0.6 is 0 Å². The molecule has 1 rings (SSSR count). The molecule has 0 fully saturated rings. The molecule has 1 aromatic carbocycles. The highest BCUT2D eigenvalue weighted by Crippen LogP contribution is 2.22. The molecule has 0 saturated carbocycles. The first-order valence-electron chi connectivity index (χ1n) is 3.95. The van der Waals surface area contributed by atoms with E-state index in [-0.39, 0.29) is 11.4 Å². The van der Waals surface area contributed by atoms with Gasteiger partial charge >= 0.3 is 5.97 Å². The number of nitrogens with zero attached hydrogens (tertiary/aromatic N) is 1. The molecule has 0 aliphatic heterocycles. The van der Waals surface area contributed by atoms with Gasteiger partial charge in [-0.05, 0) is 17.7 Å². The Labute approximate surface area is 84.8 Å². The molecule has 1 aromatic rings. The Morgan fingerprint density at radius 2 is 2.20 bits per heavy atom. The fourth-order valence-corrected chi connectivity index (χ4v) is 0.990. The Bertz CT molecular complexity index is 440. The Hall–Kier alpha value is -2.37. The molecular weight excluding hydrogens is 200 g/mol. The number of nitrogen functional groups attached to an aromatic ring is 1. The molecule has 3 N–H and O–H groups in total. The van der Waals surface area contributed by atoms with Crippen molar-refractivity contribution in [2.45, 2.75) is 0 Å². The summed E-state index contributed by atoms with van der Waals surface area (Å²) >= 11 is 0. The maximum atomic E-state index is 10.5. The zero-order valence-corrected chi connectivity index (χ0v) is 7.58. The number of aliphatic carboxylic acids is 1. The van der Waals surface area contributed by atoms with E-state index in [2.05, 4.69) is 0 Å². The van der Waals surface area contributed by atoms with Crippen molar-refractivity contribution >= 4 is 23.4 Å². The zero-order chi connectivity index (χ0) is 11.4. The van der Waals surface area contributed by atoms with Crippen LogP contribution in [0.2, 0.25) is 0 Å². The van der Waals surface area contributed by atoms with Gasteiger partial charge in [-0.2, -0.15) is 0 Å². The maximum absolute atomic E-state index is 10.5. The minimum absolute atomic E-state index is 0.0486. The number of carboxylic acid groups (broad SMARTS) is 1. The van der Waals surface area contributed by atoms with Crippen LogP contribution in [0.15, 0.2) is 24.3 Å². The van der Waals surface area contributed by atoms with Crippen LogP contribution in [0, 0.1) is 10.1 Å². The molecule has 0 heterocycles. The van der Waals surface area contributed by atoms with Crippen molar-refractivity contribution in [2.75, 3.05) is 5.73 Å². The largest absolute Gasteiger partial charge is 0.478 e. The number of nitrogens with two attached hydrogens (primary N) is 1. The summed E-state index contributed by atoms with van der Waals surface area (Å²) in [6.45, 7) is 0. The van der Waals surface area contributed by atoms with E-state index in [4.69, 9.17) is 10.8 Å². The molecule has 0 aliphatic rings. The summed E-state index contributed by atoms with van der Waals surface area (Å²) in [5.74, 6) is -1.12. The van der Waals surface area contributed by atoms with E-state index in [0.717, 1.165) is 6.08 Å². The monoisotopic (exact) mass is 208 g/mol. The molecule has 6 heteroatoms. The molecule has 0 radical (unpaired) electrons. The van der Waals surface area contributed by atoms with Crippen LogP contribution in [-0.4, -0.2) is 16.0 Å². The minimum atomic E-state index is -1.12. The first kappa shape index (κ1) is 10.7. The number of anilines is 1. The van der Waals surface area contributed by atoms with Gasteiger partial charge in [-0.15, -0.1) is 0 Å². The highest BCUT2D eigenvalue weighted by Gasteiger charge is 2.10. The first-order chi connectivity index (χ1) is 7.00. The van der Waals surface area contributed by atoms with Gasteiger partial charge < -0.3 is 10.8 Å². The smallest absolute Gasteiger partial charge is 0.328 e. The maximum Gasteiger partial charge on any atom is 0.328 e. The normalized spacial score (nSPS) is 10.4. The number of rotatable bonds is 3. The van der Waals surface area contributed by atoms with Crippen LogP contribution < -0.4 is 5.73 Å². The first-order valence-corrected chi connectivity index (χ1v) is 3.95. The molecule has 15 heavy (non-hydrogen) atoms. The molecule has 78 valence electrons. The van der Waals surface area contributed by atoms with Gasteiger partial charge in [0.05, 0.1) is 4.92 Å². The molecule has 0 unspecified atom stereocenters. The van der Waals surface area contributed by atoms with Gasteiger partial charge in [0.25, 0.3) is 5.69 Å². The lowest BCUT2D eigenvalue weighted by atomic mass is 10.1. The summed E-state index contributed by atoms with van der Waals surface area (Å²) < 4.78 is 0. The molecule has 0 aromatic heterocycles. The third-order valence-electron chi connectivity index (χ3n) is 1.67. The number of nitro groups is 1. The lowest BCUT2D eigenvalue weighted by molar-refractivity contribution is -0.383. The summed E-state index contributed by atoms with van der Waals surface area (Å²) in [5, 5.41) is 18.9. The van der Waals surface area contributed by atoms with Crippen molar-refractivity contribution in [1.29, 1.82) is 0 Å². The van der Waals surface area contributed by atoms with E-state index >= 15 is 0 Å². The molecule has 0 atom stereocenters. The van der Waals surface area contributed by atoms with Crippen LogP contribution in [0.1, 0.15) is 5.56 Å². The summed E-state index contributed by atoms with van der Waals surface area (Å²) in [7, 11) is 0. The molecule has 6 nitrogen and oxygen atoms in total. The molecule has 0 aliphatic carbocycles. The zero-order valence-electron chi connectivity index (χ0n) is 7.58. The average molecular weight is 208 g/mol. The predicted octanol–water partition coefficient (Wildman–Crippen LogP) is 1.27. The van der Waals surface area contributed by atoms with E-state index in [9.17, 15) is 14.9 Å². The SMILES string of the molecule is Nc1ccc(/C=C/C(=O)O)cc1[N+](=O)[O-]. The highest BCUT2D eigenvalue weighted by molar-refractivity contribution is 5.85. The molecule has 0 bridgehead atoms. The van der Waals surface area contributed by atoms with Crippen LogP contribution in [-0.2, 0) is 4.79 Å². The van der Waals surface area contributed by atoms with Crippen molar-refractivity contribution in [3.8, 4) is 0 Å². The number of carboxylic acids is 1. The lowest BCUT2D eigenvalue weighted by Crippen LogP contribution is -1.95. The fourth-order valence-electron chi connectivity index (χ4n) is 0.990. The number of hydrogen-bond acceptors (Lipinski definition) is 4. The fraction of sp³-hybridized carbons (Fsp3) is 0.